The summed E-state index contributed by atoms with van der Waals surface area (Å²) in [7, 11) is 1.37. The van der Waals surface area contributed by atoms with E-state index in [2.05, 4.69) is 18.8 Å². The molecule has 1 aromatic carbocycles. The third-order valence-electron chi connectivity index (χ3n) is 4.14. The average molecular weight is 344 g/mol. The minimum Gasteiger partial charge on any atom is -0.465 e. The number of nitrogens with zero attached hydrogens (tertiary/aromatic N) is 2. The van der Waals surface area contributed by atoms with E-state index in [1.165, 1.54) is 18.4 Å². The van der Waals surface area contributed by atoms with Crippen LogP contribution in [0.1, 0.15) is 56.1 Å². The van der Waals surface area contributed by atoms with E-state index in [1.807, 2.05) is 19.1 Å². The Morgan fingerprint density at radius 1 is 1.33 bits per heavy atom. The number of thiazole rings is 1. The van der Waals surface area contributed by atoms with Crippen LogP contribution in [-0.2, 0) is 11.2 Å². The van der Waals surface area contributed by atoms with Gasteiger partial charge in [-0.3, -0.25) is 4.79 Å². The number of carbonyl (C=O) groups is 2. The SMILES string of the molecule is COC(=O)c1ccc2c(c1)CCN2C(=O)c1sc(C(C)C)nc1C. The number of aromatic nitrogens is 1. The van der Waals surface area contributed by atoms with Gasteiger partial charge in [-0.25, -0.2) is 9.78 Å². The summed E-state index contributed by atoms with van der Waals surface area (Å²) in [4.78, 5) is 31.6. The van der Waals surface area contributed by atoms with Crippen LogP contribution in [0.5, 0.6) is 0 Å². The number of aryl methyl sites for hydroxylation is 1. The van der Waals surface area contributed by atoms with Crippen LogP contribution >= 0.6 is 11.3 Å². The fourth-order valence-corrected chi connectivity index (χ4v) is 3.86. The third-order valence-corrected chi connectivity index (χ3v) is 5.59. The van der Waals surface area contributed by atoms with E-state index in [4.69, 9.17) is 4.74 Å². The first-order chi connectivity index (χ1) is 11.4. The minimum absolute atomic E-state index is 0.0125. The Morgan fingerprint density at radius 3 is 2.71 bits per heavy atom. The number of amides is 1. The molecule has 0 bridgehead atoms. The highest BCUT2D eigenvalue weighted by Crippen LogP contribution is 2.33. The molecule has 0 N–H and O–H groups in total. The van der Waals surface area contributed by atoms with Crippen molar-refractivity contribution >= 4 is 28.9 Å². The molecule has 0 spiro atoms. The van der Waals surface area contributed by atoms with Crippen molar-refractivity contribution in [1.29, 1.82) is 0 Å². The number of hydrogen-bond acceptors (Lipinski definition) is 5. The van der Waals surface area contributed by atoms with Crippen LogP contribution in [0, 0.1) is 6.92 Å². The number of fused-ring (bicyclic) bond motifs is 1. The van der Waals surface area contributed by atoms with Crippen LogP contribution in [-0.4, -0.2) is 30.5 Å². The Balaban J connectivity index is 1.91. The average Bonchev–Trinajstić information content (AvgIpc) is 3.16. The molecule has 3 rings (SSSR count). The lowest BCUT2D eigenvalue weighted by molar-refractivity contribution is 0.0600. The maximum absolute atomic E-state index is 12.9. The third kappa shape index (κ3) is 2.82. The van der Waals surface area contributed by atoms with Crippen molar-refractivity contribution in [3.05, 3.63) is 44.9 Å². The predicted octanol–water partition coefficient (Wildman–Crippen LogP) is 3.56. The van der Waals surface area contributed by atoms with Crippen molar-refractivity contribution < 1.29 is 14.3 Å². The highest BCUT2D eigenvalue weighted by molar-refractivity contribution is 7.14. The molecule has 0 unspecified atom stereocenters. The summed E-state index contributed by atoms with van der Waals surface area (Å²) in [6, 6.07) is 5.34. The van der Waals surface area contributed by atoms with Crippen LogP contribution < -0.4 is 4.90 Å². The van der Waals surface area contributed by atoms with Gasteiger partial charge < -0.3 is 9.64 Å². The molecule has 0 radical (unpaired) electrons. The fraction of sp³-hybridized carbons (Fsp3) is 0.389. The van der Waals surface area contributed by atoms with Crippen molar-refractivity contribution in [2.45, 2.75) is 33.1 Å². The number of benzene rings is 1. The van der Waals surface area contributed by atoms with Gasteiger partial charge in [-0.2, -0.15) is 0 Å². The Labute approximate surface area is 145 Å². The number of carbonyl (C=O) groups excluding carboxylic acids is 2. The summed E-state index contributed by atoms with van der Waals surface area (Å²) < 4.78 is 4.75. The maximum Gasteiger partial charge on any atom is 0.337 e. The second-order valence-electron chi connectivity index (χ2n) is 6.16. The largest absolute Gasteiger partial charge is 0.465 e. The molecule has 2 heterocycles. The maximum atomic E-state index is 12.9. The summed E-state index contributed by atoms with van der Waals surface area (Å²) >= 11 is 1.47. The van der Waals surface area contributed by atoms with Crippen LogP contribution in [0.25, 0.3) is 0 Å². The molecule has 1 aliphatic heterocycles. The first kappa shape index (κ1) is 16.6. The van der Waals surface area contributed by atoms with Crippen molar-refractivity contribution in [2.24, 2.45) is 0 Å². The second-order valence-corrected chi connectivity index (χ2v) is 7.19. The van der Waals surface area contributed by atoms with Gasteiger partial charge in [0.15, 0.2) is 0 Å². The van der Waals surface area contributed by atoms with E-state index in [0.717, 1.165) is 28.4 Å². The molecule has 1 amide bonds. The molecular weight excluding hydrogens is 324 g/mol. The number of rotatable bonds is 3. The predicted molar refractivity (Wildman–Crippen MR) is 94.1 cm³/mol. The topological polar surface area (TPSA) is 59.5 Å². The Bertz CT molecular complexity index is 811. The summed E-state index contributed by atoms with van der Waals surface area (Å²) in [5.41, 5.74) is 3.17. The molecule has 24 heavy (non-hydrogen) atoms. The molecule has 0 atom stereocenters. The van der Waals surface area contributed by atoms with Crippen molar-refractivity contribution in [2.75, 3.05) is 18.6 Å². The van der Waals surface area contributed by atoms with Crippen LogP contribution in [0.3, 0.4) is 0 Å². The monoisotopic (exact) mass is 344 g/mol. The number of ether oxygens (including phenoxy) is 1. The first-order valence-corrected chi connectivity index (χ1v) is 8.74. The van der Waals surface area contributed by atoms with E-state index in [1.54, 1.807) is 11.0 Å². The zero-order valence-corrected chi connectivity index (χ0v) is 15.1. The molecule has 6 heteroatoms. The number of hydrogen-bond donors (Lipinski definition) is 0. The molecule has 1 aromatic heterocycles. The fourth-order valence-electron chi connectivity index (χ4n) is 2.84. The molecule has 2 aromatic rings. The molecule has 0 saturated carbocycles. The van der Waals surface area contributed by atoms with Gasteiger partial charge in [0.25, 0.3) is 5.91 Å². The van der Waals surface area contributed by atoms with Crippen molar-refractivity contribution in [3.63, 3.8) is 0 Å². The van der Waals surface area contributed by atoms with E-state index in [9.17, 15) is 9.59 Å². The highest BCUT2D eigenvalue weighted by Gasteiger charge is 2.29. The molecule has 126 valence electrons. The lowest BCUT2D eigenvalue weighted by Gasteiger charge is -2.16. The zero-order valence-electron chi connectivity index (χ0n) is 14.3. The lowest BCUT2D eigenvalue weighted by Crippen LogP contribution is -2.28. The Morgan fingerprint density at radius 2 is 2.08 bits per heavy atom. The standard InChI is InChI=1S/C18H20N2O3S/c1-10(2)16-19-11(3)15(24-16)17(21)20-8-7-12-9-13(18(22)23-4)5-6-14(12)20/h5-6,9-10H,7-8H2,1-4H3. The lowest BCUT2D eigenvalue weighted by atomic mass is 10.1. The van der Waals surface area contributed by atoms with Gasteiger partial charge in [-0.05, 0) is 37.1 Å². The molecule has 0 saturated heterocycles. The van der Waals surface area contributed by atoms with E-state index >= 15 is 0 Å². The Kier molecular flexibility index (Phi) is 4.41. The summed E-state index contributed by atoms with van der Waals surface area (Å²) in [5.74, 6) is -0.0624. The highest BCUT2D eigenvalue weighted by atomic mass is 32.1. The first-order valence-electron chi connectivity index (χ1n) is 7.92. The van der Waals surface area contributed by atoms with E-state index in [-0.39, 0.29) is 11.9 Å². The van der Waals surface area contributed by atoms with Gasteiger partial charge in [-0.1, -0.05) is 13.8 Å². The van der Waals surface area contributed by atoms with Gasteiger partial charge in [0.1, 0.15) is 4.88 Å². The zero-order chi connectivity index (χ0) is 17.4. The second kappa shape index (κ2) is 6.36. The molecule has 0 fully saturated rings. The smallest absolute Gasteiger partial charge is 0.337 e. The van der Waals surface area contributed by atoms with Gasteiger partial charge in [0, 0.05) is 18.2 Å². The van der Waals surface area contributed by atoms with Crippen LogP contribution in [0.4, 0.5) is 5.69 Å². The van der Waals surface area contributed by atoms with Gasteiger partial charge in [-0.15, -0.1) is 11.3 Å². The summed E-state index contributed by atoms with van der Waals surface area (Å²) in [5, 5.41) is 0.983. The Hall–Kier alpha value is -2.21. The normalized spacial score (nSPS) is 13.3. The summed E-state index contributed by atoms with van der Waals surface area (Å²) in [6.45, 7) is 6.65. The molecule has 0 aliphatic carbocycles. The quantitative estimate of drug-likeness (QED) is 0.799. The van der Waals surface area contributed by atoms with Crippen LogP contribution in [0.2, 0.25) is 0 Å². The molecule has 1 aliphatic rings. The van der Waals surface area contributed by atoms with E-state index in [0.29, 0.717) is 22.9 Å². The minimum atomic E-state index is -0.359. The molecular formula is C18H20N2O3S. The number of methoxy groups -OCH3 is 1. The van der Waals surface area contributed by atoms with Gasteiger partial charge >= 0.3 is 5.97 Å². The van der Waals surface area contributed by atoms with Crippen LogP contribution in [0.15, 0.2) is 18.2 Å². The van der Waals surface area contributed by atoms with E-state index < -0.39 is 0 Å². The molecule has 5 nitrogen and oxygen atoms in total. The summed E-state index contributed by atoms with van der Waals surface area (Å²) in [6.07, 6.45) is 0.737. The van der Waals surface area contributed by atoms with Crippen molar-refractivity contribution in [3.8, 4) is 0 Å². The van der Waals surface area contributed by atoms with Gasteiger partial charge in [0.05, 0.1) is 23.4 Å². The van der Waals surface area contributed by atoms with Gasteiger partial charge in [0.2, 0.25) is 0 Å². The number of esters is 1. The number of anilines is 1. The van der Waals surface area contributed by atoms with Crippen molar-refractivity contribution in [1.82, 2.24) is 4.98 Å².